The van der Waals surface area contributed by atoms with Gasteiger partial charge in [-0.25, -0.2) is 0 Å². The van der Waals surface area contributed by atoms with Gasteiger partial charge in [-0.05, 0) is 85.0 Å². The predicted molar refractivity (Wildman–Crippen MR) is 174 cm³/mol. The molecule has 2 aliphatic rings. The van der Waals surface area contributed by atoms with E-state index in [9.17, 15) is 15.5 Å². The molecule has 0 radical (unpaired) electrons. The van der Waals surface area contributed by atoms with Crippen molar-refractivity contribution in [2.75, 3.05) is 19.8 Å². The van der Waals surface area contributed by atoms with E-state index in [0.717, 1.165) is 73.3 Å². The predicted octanol–water partition coefficient (Wildman–Crippen LogP) is 6.28. The third-order valence-electron chi connectivity index (χ3n) is 9.60. The van der Waals surface area contributed by atoms with Crippen LogP contribution in [0.3, 0.4) is 0 Å². The molecule has 45 heavy (non-hydrogen) atoms. The van der Waals surface area contributed by atoms with E-state index in [4.69, 9.17) is 9.47 Å². The van der Waals surface area contributed by atoms with Gasteiger partial charge in [0.1, 0.15) is 30.8 Å². The van der Waals surface area contributed by atoms with E-state index in [0.29, 0.717) is 18.7 Å². The van der Waals surface area contributed by atoms with Crippen molar-refractivity contribution >= 4 is 0 Å². The number of likely N-dealkylation sites (tertiary alicyclic amines) is 1. The minimum absolute atomic E-state index is 0.0862. The van der Waals surface area contributed by atoms with Crippen molar-refractivity contribution in [3.63, 3.8) is 0 Å². The second-order valence-electron chi connectivity index (χ2n) is 12.3. The molecule has 6 rings (SSSR count). The molecule has 1 fully saturated rings. The molecule has 0 saturated carbocycles. The first-order chi connectivity index (χ1) is 22.0. The highest BCUT2D eigenvalue weighted by molar-refractivity contribution is 5.68. The summed E-state index contributed by atoms with van der Waals surface area (Å²) in [5.74, 6) is 1.57. The summed E-state index contributed by atoms with van der Waals surface area (Å²) in [5.41, 5.74) is 8.94. The van der Waals surface area contributed by atoms with Gasteiger partial charge in [-0.2, -0.15) is 5.26 Å². The van der Waals surface area contributed by atoms with Gasteiger partial charge >= 0.3 is 0 Å². The van der Waals surface area contributed by atoms with Gasteiger partial charge in [0.05, 0.1) is 24.3 Å². The van der Waals surface area contributed by atoms with Crippen molar-refractivity contribution in [3.05, 3.63) is 112 Å². The molecule has 1 aliphatic heterocycles. The second kappa shape index (κ2) is 13.8. The lowest BCUT2D eigenvalue weighted by Crippen LogP contribution is -2.56. The number of pyridine rings is 1. The summed E-state index contributed by atoms with van der Waals surface area (Å²) in [6.45, 7) is 4.06. The summed E-state index contributed by atoms with van der Waals surface area (Å²) in [6.07, 6.45) is 8.92. The zero-order valence-electron chi connectivity index (χ0n) is 26.0. The number of aromatic nitrogens is 1. The molecule has 0 amide bonds. The number of rotatable bonds is 11. The molecule has 4 aromatic rings. The van der Waals surface area contributed by atoms with Gasteiger partial charge in [0.25, 0.3) is 0 Å². The van der Waals surface area contributed by atoms with E-state index >= 15 is 0 Å². The quantitative estimate of drug-likeness (QED) is 0.208. The van der Waals surface area contributed by atoms with Crippen LogP contribution in [0.15, 0.2) is 73.1 Å². The van der Waals surface area contributed by atoms with Crippen molar-refractivity contribution in [3.8, 4) is 28.7 Å². The fraction of sp³-hybridized carbons (Fsp3) is 0.368. The van der Waals surface area contributed by atoms with Gasteiger partial charge in [-0.15, -0.1) is 0 Å². The Labute approximate surface area is 265 Å². The zero-order valence-corrected chi connectivity index (χ0v) is 26.0. The topological polar surface area (TPSA) is 98.8 Å². The van der Waals surface area contributed by atoms with Crippen LogP contribution in [-0.2, 0) is 32.6 Å². The van der Waals surface area contributed by atoms with Crippen LogP contribution in [-0.4, -0.2) is 45.4 Å². The van der Waals surface area contributed by atoms with Gasteiger partial charge in [-0.1, -0.05) is 55.0 Å². The number of fused-ring (bicyclic) bond motifs is 1. The number of nitrogens with zero attached hydrogens (tertiary/aromatic N) is 3. The summed E-state index contributed by atoms with van der Waals surface area (Å²) < 4.78 is 13.2. The van der Waals surface area contributed by atoms with Crippen molar-refractivity contribution in [2.45, 2.75) is 70.7 Å². The number of benzene rings is 3. The molecule has 232 valence electrons. The smallest absolute Gasteiger partial charge is 0.128 e. The summed E-state index contributed by atoms with van der Waals surface area (Å²) in [5, 5.41) is 30.2. The first kappa shape index (κ1) is 30.8. The molecule has 1 saturated heterocycles. The fourth-order valence-corrected chi connectivity index (χ4v) is 6.93. The molecule has 0 bridgehead atoms. The first-order valence-corrected chi connectivity index (χ1v) is 15.9. The van der Waals surface area contributed by atoms with Crippen LogP contribution in [0.1, 0.15) is 64.6 Å². The van der Waals surface area contributed by atoms with Gasteiger partial charge in [-0.3, -0.25) is 9.88 Å². The average Bonchev–Trinajstić information content (AvgIpc) is 3.59. The Morgan fingerprint density at radius 1 is 0.889 bits per heavy atom. The molecule has 0 spiro atoms. The summed E-state index contributed by atoms with van der Waals surface area (Å²) in [4.78, 5) is 6.45. The lowest BCUT2D eigenvalue weighted by molar-refractivity contribution is -0.0437. The van der Waals surface area contributed by atoms with Crippen LogP contribution >= 0.6 is 0 Å². The van der Waals surface area contributed by atoms with Crippen molar-refractivity contribution < 1.29 is 19.7 Å². The Kier molecular flexibility index (Phi) is 9.46. The summed E-state index contributed by atoms with van der Waals surface area (Å²) in [6, 6.07) is 22.8. The molecular formula is C38H41N3O4. The van der Waals surface area contributed by atoms with Crippen molar-refractivity contribution in [2.24, 2.45) is 0 Å². The summed E-state index contributed by atoms with van der Waals surface area (Å²) in [7, 11) is 0. The van der Waals surface area contributed by atoms with E-state index in [1.165, 1.54) is 27.8 Å². The Balaban J connectivity index is 1.34. The minimum Gasteiger partial charge on any atom is -0.488 e. The number of nitriles is 1. The number of hydrogen-bond donors (Lipinski definition) is 2. The number of hydrogen-bond acceptors (Lipinski definition) is 7. The molecule has 3 aromatic carbocycles. The molecule has 2 N–H and O–H groups in total. The van der Waals surface area contributed by atoms with E-state index in [1.54, 1.807) is 18.5 Å². The van der Waals surface area contributed by atoms with Crippen molar-refractivity contribution in [1.29, 1.82) is 5.26 Å². The summed E-state index contributed by atoms with van der Waals surface area (Å²) >= 11 is 0. The maximum atomic E-state index is 10.4. The monoisotopic (exact) mass is 603 g/mol. The van der Waals surface area contributed by atoms with Gasteiger partial charge in [0.2, 0.25) is 0 Å². The van der Waals surface area contributed by atoms with Crippen molar-refractivity contribution in [1.82, 2.24) is 9.88 Å². The number of ether oxygens (including phenoxy) is 2. The van der Waals surface area contributed by atoms with Crippen LogP contribution in [0.25, 0.3) is 11.1 Å². The highest BCUT2D eigenvalue weighted by Crippen LogP contribution is 2.42. The van der Waals surface area contributed by atoms with Gasteiger partial charge in [0.15, 0.2) is 0 Å². The molecule has 0 unspecified atom stereocenters. The number of aliphatic hydroxyl groups excluding tert-OH is 2. The van der Waals surface area contributed by atoms with Crippen LogP contribution in [0, 0.1) is 18.3 Å². The number of piperidine rings is 1. The minimum atomic E-state index is -0.650. The molecule has 7 heteroatoms. The van der Waals surface area contributed by atoms with Gasteiger partial charge < -0.3 is 19.7 Å². The van der Waals surface area contributed by atoms with E-state index < -0.39 is 5.54 Å². The Morgan fingerprint density at radius 2 is 1.69 bits per heavy atom. The Hall–Kier alpha value is -4.22. The lowest BCUT2D eigenvalue weighted by atomic mass is 9.87. The Morgan fingerprint density at radius 3 is 2.49 bits per heavy atom. The van der Waals surface area contributed by atoms with E-state index in [-0.39, 0.29) is 19.8 Å². The molecule has 1 aliphatic carbocycles. The van der Waals surface area contributed by atoms with E-state index in [2.05, 4.69) is 65.3 Å². The standard InChI is InChI=1S/C38H41N3O4/c1-27-31(11-7-12-32(27)30-9-3-2-4-10-30)24-45-36-18-37(44-23-29-17-28(19-39)20-40-21-29)35(33-13-8-14-34(33)36)22-41-16-6-5-15-38(41,25-42)26-43/h2-4,7,9-12,17-18,20-21,42-43H,5-6,8,13-16,22-26H2,1H3. The number of aliphatic hydroxyl groups is 2. The third-order valence-corrected chi connectivity index (χ3v) is 9.60. The molecule has 7 nitrogen and oxygen atoms in total. The van der Waals surface area contributed by atoms with Gasteiger partial charge in [0, 0.05) is 36.1 Å². The second-order valence-corrected chi connectivity index (χ2v) is 12.3. The molecule has 0 atom stereocenters. The lowest BCUT2D eigenvalue weighted by Gasteiger charge is -2.45. The van der Waals surface area contributed by atoms with Crippen LogP contribution in [0.2, 0.25) is 0 Å². The highest BCUT2D eigenvalue weighted by atomic mass is 16.5. The van der Waals surface area contributed by atoms with Crippen LogP contribution in [0.5, 0.6) is 11.5 Å². The maximum Gasteiger partial charge on any atom is 0.128 e. The van der Waals surface area contributed by atoms with E-state index in [1.807, 2.05) is 12.1 Å². The molecule has 2 heterocycles. The maximum absolute atomic E-state index is 10.4. The third kappa shape index (κ3) is 6.46. The van der Waals surface area contributed by atoms with Crippen LogP contribution in [0.4, 0.5) is 0 Å². The normalized spacial score (nSPS) is 15.8. The fourth-order valence-electron chi connectivity index (χ4n) is 6.93. The molecule has 1 aromatic heterocycles. The Bertz CT molecular complexity index is 1680. The largest absolute Gasteiger partial charge is 0.488 e. The average molecular weight is 604 g/mol. The highest BCUT2D eigenvalue weighted by Gasteiger charge is 2.39. The zero-order chi connectivity index (χ0) is 31.2. The SMILES string of the molecule is Cc1c(COc2cc(OCc3cncc(C#N)c3)c(CN3CCCCC3(CO)CO)c3c2CCC3)cccc1-c1ccccc1. The van der Waals surface area contributed by atoms with Crippen LogP contribution < -0.4 is 9.47 Å². The first-order valence-electron chi connectivity index (χ1n) is 15.9. The molecular weight excluding hydrogens is 562 g/mol.